The molecule has 0 spiro atoms. The molecule has 0 aliphatic rings. The zero-order valence-electron chi connectivity index (χ0n) is 14.6. The highest BCUT2D eigenvalue weighted by Gasteiger charge is 2.13. The first-order chi connectivity index (χ1) is 13.3. The van der Waals surface area contributed by atoms with Crippen LogP contribution in [-0.4, -0.2) is 26.8 Å². The van der Waals surface area contributed by atoms with Crippen LogP contribution < -0.4 is 15.8 Å². The highest BCUT2D eigenvalue weighted by molar-refractivity contribution is 7.89. The zero-order chi connectivity index (χ0) is 20.1. The number of carbonyl (C=O) groups is 2. The molecule has 7 nitrogen and oxygen atoms in total. The van der Waals surface area contributed by atoms with Gasteiger partial charge in [-0.2, -0.15) is 0 Å². The van der Waals surface area contributed by atoms with Gasteiger partial charge in [-0.3, -0.25) is 9.59 Å². The van der Waals surface area contributed by atoms with E-state index in [0.717, 1.165) is 16.5 Å². The van der Waals surface area contributed by atoms with Crippen LogP contribution in [0.2, 0.25) is 0 Å². The number of amides is 2. The molecule has 0 saturated carbocycles. The third kappa shape index (κ3) is 5.03. The Labute approximate surface area is 166 Å². The van der Waals surface area contributed by atoms with Crippen LogP contribution in [0.3, 0.4) is 0 Å². The van der Waals surface area contributed by atoms with Crippen molar-refractivity contribution in [3.05, 3.63) is 72.3 Å². The molecule has 28 heavy (non-hydrogen) atoms. The standard InChI is InChI=1S/C19H17N3O4S2/c20-28(25,26)15-8-4-7-14(11-15)19(24)21-12-17(23)22-18-10-9-16(27-18)13-5-2-1-3-6-13/h1-11H,12H2,(H,21,24)(H,22,23)(H2,20,25,26). The second-order valence-electron chi connectivity index (χ2n) is 5.83. The van der Waals surface area contributed by atoms with E-state index in [1.54, 1.807) is 6.07 Å². The van der Waals surface area contributed by atoms with Crippen LogP contribution in [0.4, 0.5) is 5.00 Å². The number of carbonyl (C=O) groups excluding carboxylic acids is 2. The van der Waals surface area contributed by atoms with E-state index < -0.39 is 21.8 Å². The third-order valence-corrected chi connectivity index (χ3v) is 5.72. The Balaban J connectivity index is 1.58. The summed E-state index contributed by atoms with van der Waals surface area (Å²) in [4.78, 5) is 25.1. The lowest BCUT2D eigenvalue weighted by molar-refractivity contribution is -0.115. The van der Waals surface area contributed by atoms with Gasteiger partial charge in [0.1, 0.15) is 0 Å². The molecule has 3 aromatic rings. The van der Waals surface area contributed by atoms with Crippen LogP contribution in [0.1, 0.15) is 10.4 Å². The molecule has 144 valence electrons. The molecule has 0 saturated heterocycles. The Hall–Kier alpha value is -3.01. The predicted octanol–water partition coefficient (Wildman–Crippen LogP) is 2.43. The molecule has 9 heteroatoms. The molecule has 0 unspecified atom stereocenters. The quantitative estimate of drug-likeness (QED) is 0.573. The first kappa shape index (κ1) is 19.7. The van der Waals surface area contributed by atoms with E-state index in [1.165, 1.54) is 29.5 Å². The van der Waals surface area contributed by atoms with E-state index in [2.05, 4.69) is 10.6 Å². The lowest BCUT2D eigenvalue weighted by Crippen LogP contribution is -2.32. The predicted molar refractivity (Wildman–Crippen MR) is 109 cm³/mol. The second kappa shape index (κ2) is 8.34. The number of hydrogen-bond acceptors (Lipinski definition) is 5. The Kier molecular flexibility index (Phi) is 5.88. The fraction of sp³-hybridized carbons (Fsp3) is 0.0526. The van der Waals surface area contributed by atoms with E-state index in [9.17, 15) is 18.0 Å². The van der Waals surface area contributed by atoms with Crippen molar-refractivity contribution in [1.82, 2.24) is 5.32 Å². The van der Waals surface area contributed by atoms with Gasteiger partial charge in [0, 0.05) is 10.4 Å². The number of primary sulfonamides is 1. The molecule has 0 bridgehead atoms. The molecule has 0 fully saturated rings. The van der Waals surface area contributed by atoms with E-state index in [0.29, 0.717) is 5.00 Å². The van der Waals surface area contributed by atoms with Crippen molar-refractivity contribution in [1.29, 1.82) is 0 Å². The number of nitrogens with two attached hydrogens (primary N) is 1. The highest BCUT2D eigenvalue weighted by Crippen LogP contribution is 2.30. The van der Waals surface area contributed by atoms with Crippen molar-refractivity contribution >= 4 is 38.2 Å². The summed E-state index contributed by atoms with van der Waals surface area (Å²) in [5.41, 5.74) is 1.15. The molecule has 1 aromatic heterocycles. The molecule has 2 amide bonds. The number of nitrogens with one attached hydrogen (secondary N) is 2. The van der Waals surface area contributed by atoms with Crippen LogP contribution >= 0.6 is 11.3 Å². The summed E-state index contributed by atoms with van der Waals surface area (Å²) in [6.07, 6.45) is 0. The van der Waals surface area contributed by atoms with Crippen LogP contribution in [0.15, 0.2) is 71.6 Å². The minimum absolute atomic E-state index is 0.0989. The number of sulfonamides is 1. The molecule has 1 heterocycles. The lowest BCUT2D eigenvalue weighted by Gasteiger charge is -2.06. The fourth-order valence-electron chi connectivity index (χ4n) is 2.42. The zero-order valence-corrected chi connectivity index (χ0v) is 16.2. The molecule has 0 aliphatic carbocycles. The van der Waals surface area contributed by atoms with Crippen molar-refractivity contribution in [2.75, 3.05) is 11.9 Å². The van der Waals surface area contributed by atoms with Gasteiger partial charge in [-0.1, -0.05) is 36.4 Å². The van der Waals surface area contributed by atoms with Crippen molar-refractivity contribution < 1.29 is 18.0 Å². The molecule has 4 N–H and O–H groups in total. The molecule has 0 aliphatic heterocycles. The Morgan fingerprint density at radius 3 is 2.43 bits per heavy atom. The highest BCUT2D eigenvalue weighted by atomic mass is 32.2. The van der Waals surface area contributed by atoms with E-state index in [4.69, 9.17) is 5.14 Å². The van der Waals surface area contributed by atoms with Crippen LogP contribution in [-0.2, 0) is 14.8 Å². The number of benzene rings is 2. The summed E-state index contributed by atoms with van der Waals surface area (Å²) in [6, 6.07) is 18.8. The second-order valence-corrected chi connectivity index (χ2v) is 8.48. The number of anilines is 1. The molecular formula is C19H17N3O4S2. The number of hydrogen-bond donors (Lipinski definition) is 3. The topological polar surface area (TPSA) is 118 Å². The summed E-state index contributed by atoms with van der Waals surface area (Å²) < 4.78 is 22.7. The minimum Gasteiger partial charge on any atom is -0.343 e. The SMILES string of the molecule is NS(=O)(=O)c1cccc(C(=O)NCC(=O)Nc2ccc(-c3ccccc3)s2)c1. The van der Waals surface area contributed by atoms with Gasteiger partial charge in [-0.15, -0.1) is 11.3 Å². The fourth-order valence-corrected chi connectivity index (χ4v) is 3.91. The molecule has 3 rings (SSSR count). The molecule has 0 radical (unpaired) electrons. The minimum atomic E-state index is -3.91. The molecule has 0 atom stereocenters. The van der Waals surface area contributed by atoms with Gasteiger partial charge in [0.05, 0.1) is 16.4 Å². The largest absolute Gasteiger partial charge is 0.343 e. The van der Waals surface area contributed by atoms with Crippen LogP contribution in [0, 0.1) is 0 Å². The number of thiophene rings is 1. The number of rotatable bonds is 6. The van der Waals surface area contributed by atoms with Crippen LogP contribution in [0.25, 0.3) is 10.4 Å². The molecule has 2 aromatic carbocycles. The van der Waals surface area contributed by atoms with Gasteiger partial charge in [0.2, 0.25) is 15.9 Å². The van der Waals surface area contributed by atoms with Crippen LogP contribution in [0.5, 0.6) is 0 Å². The smallest absolute Gasteiger partial charge is 0.251 e. The van der Waals surface area contributed by atoms with Crippen molar-refractivity contribution in [3.8, 4) is 10.4 Å². The monoisotopic (exact) mass is 415 g/mol. The van der Waals surface area contributed by atoms with Gasteiger partial charge < -0.3 is 10.6 Å². The average Bonchev–Trinajstić information content (AvgIpc) is 3.14. The maximum atomic E-state index is 12.1. The molecular weight excluding hydrogens is 398 g/mol. The summed E-state index contributed by atoms with van der Waals surface area (Å²) in [6.45, 7) is -0.253. The first-order valence-corrected chi connectivity index (χ1v) is 10.6. The van der Waals surface area contributed by atoms with Gasteiger partial charge in [0.25, 0.3) is 5.91 Å². The Morgan fingerprint density at radius 1 is 0.964 bits per heavy atom. The van der Waals surface area contributed by atoms with E-state index >= 15 is 0 Å². The van der Waals surface area contributed by atoms with Crippen molar-refractivity contribution in [3.63, 3.8) is 0 Å². The summed E-state index contributed by atoms with van der Waals surface area (Å²) in [7, 11) is -3.91. The normalized spacial score (nSPS) is 11.0. The van der Waals surface area contributed by atoms with Gasteiger partial charge in [-0.25, -0.2) is 13.6 Å². The van der Waals surface area contributed by atoms with Crippen molar-refractivity contribution in [2.24, 2.45) is 5.14 Å². The summed E-state index contributed by atoms with van der Waals surface area (Å²) >= 11 is 1.42. The maximum absolute atomic E-state index is 12.1. The first-order valence-electron chi connectivity index (χ1n) is 8.19. The average molecular weight is 415 g/mol. The maximum Gasteiger partial charge on any atom is 0.251 e. The third-order valence-electron chi connectivity index (χ3n) is 3.76. The Morgan fingerprint density at radius 2 is 1.71 bits per heavy atom. The van der Waals surface area contributed by atoms with Gasteiger partial charge in [-0.05, 0) is 35.9 Å². The lowest BCUT2D eigenvalue weighted by atomic mass is 10.2. The summed E-state index contributed by atoms with van der Waals surface area (Å²) in [5.74, 6) is -0.964. The Bertz CT molecular complexity index is 1110. The van der Waals surface area contributed by atoms with Gasteiger partial charge in [0.15, 0.2) is 0 Å². The van der Waals surface area contributed by atoms with Crippen molar-refractivity contribution in [2.45, 2.75) is 4.90 Å². The van der Waals surface area contributed by atoms with E-state index in [-0.39, 0.29) is 17.0 Å². The van der Waals surface area contributed by atoms with Gasteiger partial charge >= 0.3 is 0 Å². The summed E-state index contributed by atoms with van der Waals surface area (Å²) in [5, 5.41) is 10.9. The van der Waals surface area contributed by atoms with E-state index in [1.807, 2.05) is 36.4 Å².